The first-order valence-corrected chi connectivity index (χ1v) is 8.29. The largest absolute Gasteiger partial charge is 0.491 e. The molecule has 0 aliphatic heterocycles. The maximum absolute atomic E-state index is 13.5. The molecular formula is C18H16F4N4O2. The van der Waals surface area contributed by atoms with Crippen molar-refractivity contribution in [3.05, 3.63) is 53.7 Å². The molecule has 0 aliphatic carbocycles. The molecule has 0 fully saturated rings. The van der Waals surface area contributed by atoms with Crippen LogP contribution in [0.3, 0.4) is 0 Å². The van der Waals surface area contributed by atoms with Gasteiger partial charge in [-0.3, -0.25) is 4.79 Å². The molecule has 0 atom stereocenters. The quantitative estimate of drug-likeness (QED) is 0.626. The van der Waals surface area contributed by atoms with Gasteiger partial charge in [-0.15, -0.1) is 0 Å². The lowest BCUT2D eigenvalue weighted by atomic mass is 10.2. The molecule has 0 aliphatic rings. The molecule has 0 aromatic carbocycles. The van der Waals surface area contributed by atoms with Gasteiger partial charge in [0.1, 0.15) is 34.2 Å². The number of fused-ring (bicyclic) bond motifs is 1. The second kappa shape index (κ2) is 7.45. The van der Waals surface area contributed by atoms with E-state index in [1.165, 1.54) is 28.8 Å². The summed E-state index contributed by atoms with van der Waals surface area (Å²) in [5.74, 6) is -3.69. The number of anilines is 1. The molecule has 148 valence electrons. The zero-order valence-corrected chi connectivity index (χ0v) is 14.9. The van der Waals surface area contributed by atoms with E-state index in [4.69, 9.17) is 4.74 Å². The van der Waals surface area contributed by atoms with Crippen molar-refractivity contribution in [2.45, 2.75) is 26.2 Å². The van der Waals surface area contributed by atoms with E-state index in [0.29, 0.717) is 0 Å². The van der Waals surface area contributed by atoms with Crippen LogP contribution in [0.1, 0.15) is 42.1 Å². The van der Waals surface area contributed by atoms with Crippen LogP contribution in [0.15, 0.2) is 36.7 Å². The summed E-state index contributed by atoms with van der Waals surface area (Å²) < 4.78 is 59.4. The molecule has 28 heavy (non-hydrogen) atoms. The van der Waals surface area contributed by atoms with E-state index in [-0.39, 0.29) is 29.4 Å². The number of nitrogens with one attached hydrogen (secondary N) is 1. The van der Waals surface area contributed by atoms with Crippen LogP contribution in [-0.2, 0) is 5.92 Å². The molecule has 3 aromatic heterocycles. The Morgan fingerprint density at radius 2 is 2.04 bits per heavy atom. The number of nitrogens with zero attached hydrogens (tertiary/aromatic N) is 3. The molecule has 1 N–H and O–H groups in total. The van der Waals surface area contributed by atoms with Gasteiger partial charge in [-0.25, -0.2) is 18.7 Å². The number of alkyl halides is 4. The highest BCUT2D eigenvalue weighted by molar-refractivity contribution is 6.03. The van der Waals surface area contributed by atoms with E-state index >= 15 is 0 Å². The molecule has 0 saturated carbocycles. The summed E-state index contributed by atoms with van der Waals surface area (Å²) in [5, 5.41) is 2.51. The molecule has 0 spiro atoms. The molecule has 0 saturated heterocycles. The Morgan fingerprint density at radius 3 is 2.68 bits per heavy atom. The Hall–Kier alpha value is -3.17. The number of imidazole rings is 1. The zero-order valence-electron chi connectivity index (χ0n) is 14.9. The van der Waals surface area contributed by atoms with E-state index in [1.54, 1.807) is 6.92 Å². The fourth-order valence-corrected chi connectivity index (χ4v) is 2.48. The van der Waals surface area contributed by atoms with Crippen LogP contribution in [0.2, 0.25) is 0 Å². The minimum Gasteiger partial charge on any atom is -0.491 e. The summed E-state index contributed by atoms with van der Waals surface area (Å²) in [6, 6.07) is 5.09. The van der Waals surface area contributed by atoms with Crippen molar-refractivity contribution < 1.29 is 27.1 Å². The van der Waals surface area contributed by atoms with Crippen LogP contribution in [0.25, 0.3) is 5.65 Å². The minimum atomic E-state index is -3.14. The second-order valence-corrected chi connectivity index (χ2v) is 5.97. The lowest BCUT2D eigenvalue weighted by molar-refractivity contribution is 0.0133. The van der Waals surface area contributed by atoms with E-state index in [0.717, 1.165) is 19.2 Å². The Balaban J connectivity index is 1.97. The standard InChI is InChI=1S/C18H16F4N4O2/c1-3-28-13-7-15-25-14(18(2,21)22)9-26(15)8-12(13)24-17(27)11-6-4-5-10(23-11)16(19)20/h4-9,16H,3H2,1-2H3,(H,24,27). The normalized spacial score (nSPS) is 11.8. The number of ether oxygens (including phenoxy) is 1. The molecular weight excluding hydrogens is 380 g/mol. The number of carbonyl (C=O) groups excluding carboxylic acids is 1. The molecule has 1 amide bonds. The number of hydrogen-bond acceptors (Lipinski definition) is 4. The third-order valence-electron chi connectivity index (χ3n) is 3.78. The fraction of sp³-hybridized carbons (Fsp3) is 0.278. The average molecular weight is 396 g/mol. The summed E-state index contributed by atoms with van der Waals surface area (Å²) in [6.07, 6.45) is -0.323. The van der Waals surface area contributed by atoms with Gasteiger partial charge in [0.15, 0.2) is 0 Å². The van der Waals surface area contributed by atoms with Crippen molar-refractivity contribution in [1.29, 1.82) is 0 Å². The van der Waals surface area contributed by atoms with Crippen molar-refractivity contribution >= 4 is 17.2 Å². The van der Waals surface area contributed by atoms with Crippen molar-refractivity contribution in [3.8, 4) is 5.75 Å². The van der Waals surface area contributed by atoms with E-state index in [1.807, 2.05) is 0 Å². The van der Waals surface area contributed by atoms with Gasteiger partial charge < -0.3 is 14.5 Å². The summed E-state index contributed by atoms with van der Waals surface area (Å²) in [7, 11) is 0. The number of pyridine rings is 2. The number of rotatable bonds is 6. The monoisotopic (exact) mass is 396 g/mol. The minimum absolute atomic E-state index is 0.159. The summed E-state index contributed by atoms with van der Waals surface area (Å²) in [6.45, 7) is 2.68. The molecule has 10 heteroatoms. The molecule has 3 heterocycles. The Bertz CT molecular complexity index is 1010. The molecule has 0 unspecified atom stereocenters. The lowest BCUT2D eigenvalue weighted by Gasteiger charge is -2.12. The van der Waals surface area contributed by atoms with Crippen LogP contribution in [0.5, 0.6) is 5.75 Å². The van der Waals surface area contributed by atoms with Crippen LogP contribution in [0, 0.1) is 0 Å². The average Bonchev–Trinajstić information content (AvgIpc) is 3.05. The van der Waals surface area contributed by atoms with Crippen LogP contribution < -0.4 is 10.1 Å². The van der Waals surface area contributed by atoms with Gasteiger partial charge in [0.25, 0.3) is 18.3 Å². The highest BCUT2D eigenvalue weighted by Crippen LogP contribution is 2.31. The highest BCUT2D eigenvalue weighted by Gasteiger charge is 2.28. The predicted octanol–water partition coefficient (Wildman–Crippen LogP) is 4.43. The van der Waals surface area contributed by atoms with E-state index in [9.17, 15) is 22.4 Å². The maximum Gasteiger partial charge on any atom is 0.288 e. The first-order valence-electron chi connectivity index (χ1n) is 8.29. The highest BCUT2D eigenvalue weighted by atomic mass is 19.3. The van der Waals surface area contributed by atoms with E-state index < -0.39 is 29.6 Å². The van der Waals surface area contributed by atoms with Crippen molar-refractivity contribution in [3.63, 3.8) is 0 Å². The van der Waals surface area contributed by atoms with Crippen molar-refractivity contribution in [1.82, 2.24) is 14.4 Å². The van der Waals surface area contributed by atoms with Gasteiger partial charge in [0.2, 0.25) is 0 Å². The second-order valence-electron chi connectivity index (χ2n) is 5.97. The van der Waals surface area contributed by atoms with Gasteiger partial charge >= 0.3 is 0 Å². The van der Waals surface area contributed by atoms with Crippen molar-refractivity contribution in [2.75, 3.05) is 11.9 Å². The maximum atomic E-state index is 13.5. The van der Waals surface area contributed by atoms with Crippen molar-refractivity contribution in [2.24, 2.45) is 0 Å². The number of hydrogen-bond donors (Lipinski definition) is 1. The lowest BCUT2D eigenvalue weighted by Crippen LogP contribution is -2.16. The third-order valence-corrected chi connectivity index (χ3v) is 3.78. The van der Waals surface area contributed by atoms with Crippen LogP contribution >= 0.6 is 0 Å². The number of amides is 1. The third kappa shape index (κ3) is 4.05. The van der Waals surface area contributed by atoms with Gasteiger partial charge in [-0.05, 0) is 19.1 Å². The fourth-order valence-electron chi connectivity index (χ4n) is 2.48. The Kier molecular flexibility index (Phi) is 5.21. The topological polar surface area (TPSA) is 68.5 Å². The zero-order chi connectivity index (χ0) is 20.5. The molecule has 0 radical (unpaired) electrons. The van der Waals surface area contributed by atoms with Crippen LogP contribution in [-0.4, -0.2) is 26.9 Å². The molecule has 0 bridgehead atoms. The predicted molar refractivity (Wildman–Crippen MR) is 93.1 cm³/mol. The summed E-state index contributed by atoms with van der Waals surface area (Å²) in [5.41, 5.74) is -0.822. The smallest absolute Gasteiger partial charge is 0.288 e. The first-order chi connectivity index (χ1) is 13.2. The van der Waals surface area contributed by atoms with Gasteiger partial charge in [0, 0.05) is 25.4 Å². The SMILES string of the molecule is CCOc1cc2nc(C(C)(F)F)cn2cc1NC(=O)c1cccc(C(F)F)n1. The van der Waals surface area contributed by atoms with Gasteiger partial charge in [-0.1, -0.05) is 6.07 Å². The molecule has 3 rings (SSSR count). The summed E-state index contributed by atoms with van der Waals surface area (Å²) >= 11 is 0. The number of aromatic nitrogens is 3. The first kappa shape index (κ1) is 19.6. The number of carbonyl (C=O) groups is 1. The van der Waals surface area contributed by atoms with E-state index in [2.05, 4.69) is 15.3 Å². The summed E-state index contributed by atoms with van der Waals surface area (Å²) in [4.78, 5) is 19.9. The van der Waals surface area contributed by atoms with Gasteiger partial charge in [-0.2, -0.15) is 8.78 Å². The molecule has 6 nitrogen and oxygen atoms in total. The Morgan fingerprint density at radius 1 is 1.29 bits per heavy atom. The van der Waals surface area contributed by atoms with Gasteiger partial charge in [0.05, 0.1) is 6.61 Å². The van der Waals surface area contributed by atoms with Crippen LogP contribution in [0.4, 0.5) is 23.2 Å². The number of halogens is 4. The molecule has 3 aromatic rings. The Labute approximate surface area is 157 Å².